The minimum absolute atomic E-state index is 0.933. The van der Waals surface area contributed by atoms with Gasteiger partial charge in [0.2, 0.25) is 0 Å². The van der Waals surface area contributed by atoms with Crippen LogP contribution < -0.4 is 4.90 Å². The van der Waals surface area contributed by atoms with E-state index < -0.39 is 0 Å². The molecule has 0 unspecified atom stereocenters. The molecule has 0 aliphatic carbocycles. The number of hydrogen-bond acceptors (Lipinski definition) is 2. The van der Waals surface area contributed by atoms with Gasteiger partial charge in [0.05, 0.1) is 17.1 Å². The molecule has 60 heavy (non-hydrogen) atoms. The van der Waals surface area contributed by atoms with Crippen LogP contribution >= 0.6 is 0 Å². The summed E-state index contributed by atoms with van der Waals surface area (Å²) in [7, 11) is 0. The Morgan fingerprint density at radius 2 is 0.700 bits per heavy atom. The molecule has 0 bridgehead atoms. The molecular weight excluding hydrogens is 727 g/mol. The van der Waals surface area contributed by atoms with E-state index in [0.717, 1.165) is 56.4 Å². The number of hydrogen-bond donors (Lipinski definition) is 0. The molecule has 0 saturated heterocycles. The zero-order chi connectivity index (χ0) is 40.1. The number of rotatable bonds is 10. The third kappa shape index (κ3) is 7.32. The van der Waals surface area contributed by atoms with Crippen molar-refractivity contribution in [2.24, 2.45) is 0 Å². The first-order chi connectivity index (χ1) is 29.8. The molecule has 284 valence electrons. The van der Waals surface area contributed by atoms with E-state index in [1.165, 1.54) is 33.4 Å². The summed E-state index contributed by atoms with van der Waals surface area (Å²) in [5, 5.41) is 5.21. The van der Waals surface area contributed by atoms with Crippen LogP contribution in [0.1, 0.15) is 0 Å². The molecule has 0 aliphatic heterocycles. The highest BCUT2D eigenvalue weighted by Crippen LogP contribution is 2.41. The first-order valence-electron chi connectivity index (χ1n) is 20.4. The molecule has 0 fully saturated rings. The molecule has 3 nitrogen and oxygen atoms in total. The highest BCUT2D eigenvalue weighted by Gasteiger charge is 2.17. The van der Waals surface area contributed by atoms with Crippen LogP contribution in [0.25, 0.3) is 72.7 Å². The fraction of sp³-hybridized carbons (Fsp3) is 0. The highest BCUT2D eigenvalue weighted by molar-refractivity contribution is 5.92. The first kappa shape index (κ1) is 36.3. The molecule has 10 rings (SSSR count). The Bertz CT molecular complexity index is 2950. The molecule has 0 atom stereocenters. The van der Waals surface area contributed by atoms with Gasteiger partial charge in [-0.05, 0) is 105 Å². The molecule has 0 saturated carbocycles. The SMILES string of the molecule is c1ccc(-c2cccc(-c3cc(-c4ccccc4)nn3-c3ccc(-c4ccccc4-c4ccccc4-c4ccc(N(c5ccccc5)c5ccccc5)cc4)cc3)c2)cc1. The summed E-state index contributed by atoms with van der Waals surface area (Å²) in [4.78, 5) is 2.30. The van der Waals surface area contributed by atoms with Gasteiger partial charge >= 0.3 is 0 Å². The molecule has 1 aromatic heterocycles. The van der Waals surface area contributed by atoms with Crippen molar-refractivity contribution in [1.82, 2.24) is 9.78 Å². The van der Waals surface area contributed by atoms with Gasteiger partial charge in [-0.1, -0.05) is 188 Å². The largest absolute Gasteiger partial charge is 0.311 e. The molecule has 0 N–H and O–H groups in total. The van der Waals surface area contributed by atoms with Crippen molar-refractivity contribution < 1.29 is 0 Å². The molecule has 9 aromatic carbocycles. The van der Waals surface area contributed by atoms with Crippen LogP contribution in [0.4, 0.5) is 17.1 Å². The third-order valence-corrected chi connectivity index (χ3v) is 11.1. The number of para-hydroxylation sites is 2. The third-order valence-electron chi connectivity index (χ3n) is 11.1. The minimum Gasteiger partial charge on any atom is -0.311 e. The van der Waals surface area contributed by atoms with Crippen LogP contribution in [-0.4, -0.2) is 9.78 Å². The maximum absolute atomic E-state index is 5.21. The fourth-order valence-corrected chi connectivity index (χ4v) is 8.14. The summed E-state index contributed by atoms with van der Waals surface area (Å²) in [5.74, 6) is 0. The van der Waals surface area contributed by atoms with Gasteiger partial charge in [-0.15, -0.1) is 0 Å². The first-order valence-corrected chi connectivity index (χ1v) is 20.4. The van der Waals surface area contributed by atoms with E-state index >= 15 is 0 Å². The quantitative estimate of drug-likeness (QED) is 0.138. The average molecular weight is 768 g/mol. The van der Waals surface area contributed by atoms with E-state index in [4.69, 9.17) is 5.10 Å². The monoisotopic (exact) mass is 767 g/mol. The summed E-state index contributed by atoms with van der Waals surface area (Å²) in [6.45, 7) is 0. The van der Waals surface area contributed by atoms with Crippen molar-refractivity contribution in [3.8, 4) is 72.7 Å². The topological polar surface area (TPSA) is 21.1 Å². The summed E-state index contributed by atoms with van der Waals surface area (Å²) < 4.78 is 2.08. The van der Waals surface area contributed by atoms with E-state index in [1.54, 1.807) is 0 Å². The average Bonchev–Trinajstić information content (AvgIpc) is 3.79. The van der Waals surface area contributed by atoms with Crippen molar-refractivity contribution in [3.05, 3.63) is 249 Å². The Labute approximate surface area is 351 Å². The van der Waals surface area contributed by atoms with Crippen LogP contribution in [0.15, 0.2) is 249 Å². The van der Waals surface area contributed by atoms with Crippen molar-refractivity contribution in [1.29, 1.82) is 0 Å². The lowest BCUT2D eigenvalue weighted by Crippen LogP contribution is -2.09. The molecule has 10 aromatic rings. The molecule has 0 spiro atoms. The number of benzene rings is 9. The van der Waals surface area contributed by atoms with Crippen molar-refractivity contribution in [2.45, 2.75) is 0 Å². The predicted molar refractivity (Wildman–Crippen MR) is 251 cm³/mol. The lowest BCUT2D eigenvalue weighted by Gasteiger charge is -2.25. The predicted octanol–water partition coefficient (Wildman–Crippen LogP) is 15.3. The summed E-state index contributed by atoms with van der Waals surface area (Å²) in [5.41, 5.74) is 17.9. The normalized spacial score (nSPS) is 11.0. The number of aromatic nitrogens is 2. The van der Waals surface area contributed by atoms with Crippen molar-refractivity contribution >= 4 is 17.1 Å². The van der Waals surface area contributed by atoms with E-state index in [2.05, 4.69) is 252 Å². The lowest BCUT2D eigenvalue weighted by atomic mass is 9.89. The van der Waals surface area contributed by atoms with Gasteiger partial charge < -0.3 is 4.90 Å². The van der Waals surface area contributed by atoms with E-state index in [-0.39, 0.29) is 0 Å². The van der Waals surface area contributed by atoms with Gasteiger partial charge in [-0.25, -0.2) is 4.68 Å². The van der Waals surface area contributed by atoms with Gasteiger partial charge in [0.15, 0.2) is 0 Å². The van der Waals surface area contributed by atoms with Crippen LogP contribution in [-0.2, 0) is 0 Å². The fourth-order valence-electron chi connectivity index (χ4n) is 8.14. The second-order valence-corrected chi connectivity index (χ2v) is 14.8. The summed E-state index contributed by atoms with van der Waals surface area (Å²) in [6.07, 6.45) is 0. The molecule has 0 aliphatic rings. The van der Waals surface area contributed by atoms with Crippen LogP contribution in [0, 0.1) is 0 Å². The zero-order valence-electron chi connectivity index (χ0n) is 33.0. The van der Waals surface area contributed by atoms with E-state index in [1.807, 2.05) is 6.07 Å². The van der Waals surface area contributed by atoms with Gasteiger partial charge in [0, 0.05) is 28.2 Å². The highest BCUT2D eigenvalue weighted by atomic mass is 15.3. The van der Waals surface area contributed by atoms with Crippen molar-refractivity contribution in [3.63, 3.8) is 0 Å². The molecule has 3 heteroatoms. The number of nitrogens with zero attached hydrogens (tertiary/aromatic N) is 3. The van der Waals surface area contributed by atoms with Gasteiger partial charge in [0.1, 0.15) is 0 Å². The maximum Gasteiger partial charge on any atom is 0.0934 e. The zero-order valence-corrected chi connectivity index (χ0v) is 33.0. The number of anilines is 3. The Hall–Kier alpha value is -8.01. The van der Waals surface area contributed by atoms with Crippen LogP contribution in [0.2, 0.25) is 0 Å². The minimum atomic E-state index is 0.933. The van der Waals surface area contributed by atoms with E-state index in [0.29, 0.717) is 0 Å². The van der Waals surface area contributed by atoms with Gasteiger partial charge in [-0.3, -0.25) is 0 Å². The summed E-state index contributed by atoms with van der Waals surface area (Å²) in [6, 6.07) is 88.2. The molecular formula is C57H41N3. The standard InChI is InChI=1S/C57H41N3/c1-5-18-42(19-6-1)46-22-17-23-47(40-46)57-41-56(45-20-7-2-8-21-45)58-60(57)51-38-34-44(35-39-51)53-29-14-16-31-55(53)54-30-15-13-28-52(54)43-32-36-50(37-33-43)59(48-24-9-3-10-25-48)49-26-11-4-12-27-49/h1-41H. The van der Waals surface area contributed by atoms with Crippen LogP contribution in [0.5, 0.6) is 0 Å². The Morgan fingerprint density at radius 1 is 0.283 bits per heavy atom. The summed E-state index contributed by atoms with van der Waals surface area (Å²) >= 11 is 0. The molecule has 1 heterocycles. The lowest BCUT2D eigenvalue weighted by molar-refractivity contribution is 0.892. The Morgan fingerprint density at radius 3 is 1.25 bits per heavy atom. The van der Waals surface area contributed by atoms with Crippen molar-refractivity contribution in [2.75, 3.05) is 4.90 Å². The molecule has 0 radical (unpaired) electrons. The Kier molecular flexibility index (Phi) is 9.97. The smallest absolute Gasteiger partial charge is 0.0934 e. The second kappa shape index (κ2) is 16.5. The maximum atomic E-state index is 5.21. The molecule has 0 amide bonds. The van der Waals surface area contributed by atoms with E-state index in [9.17, 15) is 0 Å². The van der Waals surface area contributed by atoms with Gasteiger partial charge in [-0.2, -0.15) is 5.10 Å². The Balaban J connectivity index is 1.000. The van der Waals surface area contributed by atoms with Crippen LogP contribution in [0.3, 0.4) is 0 Å². The van der Waals surface area contributed by atoms with Gasteiger partial charge in [0.25, 0.3) is 0 Å². The second-order valence-electron chi connectivity index (χ2n) is 14.8.